The van der Waals surface area contributed by atoms with Gasteiger partial charge >= 0.3 is 0 Å². The number of nitrogen functional groups attached to an aromatic ring is 1. The third kappa shape index (κ3) is 2.39. The summed E-state index contributed by atoms with van der Waals surface area (Å²) < 4.78 is 7.41. The summed E-state index contributed by atoms with van der Waals surface area (Å²) in [4.78, 5) is 8.69. The van der Waals surface area contributed by atoms with Crippen LogP contribution in [-0.2, 0) is 11.3 Å². The second kappa shape index (κ2) is 4.71. The Morgan fingerprint density at radius 2 is 2.29 bits per heavy atom. The maximum Gasteiger partial charge on any atom is 0.202 e. The summed E-state index contributed by atoms with van der Waals surface area (Å²) in [5.74, 6) is 0.490. The second-order valence-corrected chi connectivity index (χ2v) is 4.20. The lowest BCUT2D eigenvalue weighted by Crippen LogP contribution is -2.18. The maximum atomic E-state index is 5.90. The molecule has 2 aromatic rings. The Hall–Kier alpha value is -1.62. The van der Waals surface area contributed by atoms with E-state index in [0.717, 1.165) is 16.7 Å². The van der Waals surface area contributed by atoms with Gasteiger partial charge in [0.05, 0.1) is 12.6 Å². The number of anilines is 1. The smallest absolute Gasteiger partial charge is 0.202 e. The number of ether oxygens (including phenoxy) is 1. The van der Waals surface area contributed by atoms with Crippen molar-refractivity contribution in [1.29, 1.82) is 0 Å². The van der Waals surface area contributed by atoms with Gasteiger partial charge in [0.25, 0.3) is 0 Å². The number of pyridine rings is 1. The lowest BCUT2D eigenvalue weighted by molar-refractivity contribution is 0.0651. The Labute approximate surface area is 101 Å². The number of nitrogens with two attached hydrogens (primary N) is 1. The molecule has 0 amide bonds. The number of nitrogens with zero attached hydrogens (tertiary/aromatic N) is 3. The molecule has 2 rings (SSSR count). The minimum atomic E-state index is 0.0998. The highest BCUT2D eigenvalue weighted by molar-refractivity contribution is 5.74. The van der Waals surface area contributed by atoms with Crippen molar-refractivity contribution in [3.05, 3.63) is 17.8 Å². The molecule has 2 aromatic heterocycles. The molecule has 0 aliphatic carbocycles. The molecule has 1 unspecified atom stereocenters. The van der Waals surface area contributed by atoms with Gasteiger partial charge in [-0.2, -0.15) is 0 Å². The van der Waals surface area contributed by atoms with Crippen LogP contribution in [0.4, 0.5) is 5.95 Å². The van der Waals surface area contributed by atoms with Gasteiger partial charge in [0, 0.05) is 12.8 Å². The molecular weight excluding hydrogens is 216 g/mol. The van der Waals surface area contributed by atoms with Gasteiger partial charge in [0.1, 0.15) is 5.52 Å². The molecular formula is C12H18N4O. The minimum absolute atomic E-state index is 0.0998. The Morgan fingerprint density at radius 3 is 3.00 bits per heavy atom. The second-order valence-electron chi connectivity index (χ2n) is 4.20. The molecule has 2 heterocycles. The molecule has 0 aliphatic rings. The topological polar surface area (TPSA) is 66.0 Å². The van der Waals surface area contributed by atoms with E-state index in [1.54, 1.807) is 0 Å². The number of imidazole rings is 1. The van der Waals surface area contributed by atoms with Crippen LogP contribution in [-0.4, -0.2) is 27.2 Å². The van der Waals surface area contributed by atoms with Gasteiger partial charge in [-0.3, -0.25) is 4.57 Å². The predicted octanol–water partition coefficient (Wildman–Crippen LogP) is 1.75. The zero-order valence-corrected chi connectivity index (χ0v) is 10.5. The van der Waals surface area contributed by atoms with Crippen molar-refractivity contribution in [1.82, 2.24) is 14.5 Å². The number of hydrogen-bond donors (Lipinski definition) is 1. The Morgan fingerprint density at radius 1 is 1.53 bits per heavy atom. The molecule has 0 spiro atoms. The molecule has 0 fully saturated rings. The molecule has 92 valence electrons. The van der Waals surface area contributed by atoms with Crippen LogP contribution in [0.3, 0.4) is 0 Å². The average Bonchev–Trinajstić information content (AvgIpc) is 2.55. The molecule has 0 saturated heterocycles. The van der Waals surface area contributed by atoms with E-state index < -0.39 is 0 Å². The first-order valence-electron chi connectivity index (χ1n) is 5.81. The summed E-state index contributed by atoms with van der Waals surface area (Å²) in [5.41, 5.74) is 8.65. The molecule has 1 atom stereocenters. The zero-order valence-electron chi connectivity index (χ0n) is 10.5. The summed E-state index contributed by atoms with van der Waals surface area (Å²) >= 11 is 0. The number of rotatable bonds is 4. The van der Waals surface area contributed by atoms with Gasteiger partial charge in [-0.25, -0.2) is 9.97 Å². The predicted molar refractivity (Wildman–Crippen MR) is 67.8 cm³/mol. The first kappa shape index (κ1) is 11.9. The number of aromatic nitrogens is 3. The van der Waals surface area contributed by atoms with Gasteiger partial charge in [0.15, 0.2) is 5.65 Å². The lowest BCUT2D eigenvalue weighted by Gasteiger charge is -2.13. The Kier molecular flexibility index (Phi) is 3.28. The van der Waals surface area contributed by atoms with Crippen LogP contribution in [0.1, 0.15) is 19.4 Å². The van der Waals surface area contributed by atoms with Crippen LogP contribution in [0, 0.1) is 6.92 Å². The van der Waals surface area contributed by atoms with E-state index in [1.165, 1.54) is 0 Å². The molecule has 0 bridgehead atoms. The van der Waals surface area contributed by atoms with Crippen molar-refractivity contribution in [3.63, 3.8) is 0 Å². The van der Waals surface area contributed by atoms with Crippen LogP contribution >= 0.6 is 0 Å². The fourth-order valence-electron chi connectivity index (χ4n) is 1.90. The molecule has 2 N–H and O–H groups in total. The first-order valence-corrected chi connectivity index (χ1v) is 5.81. The summed E-state index contributed by atoms with van der Waals surface area (Å²) in [5, 5.41) is 0. The largest absolute Gasteiger partial charge is 0.377 e. The summed E-state index contributed by atoms with van der Waals surface area (Å²) in [6.45, 7) is 7.35. The zero-order chi connectivity index (χ0) is 12.4. The fraction of sp³-hybridized carbons (Fsp3) is 0.500. The lowest BCUT2D eigenvalue weighted by atomic mass is 10.3. The third-order valence-electron chi connectivity index (χ3n) is 2.64. The van der Waals surface area contributed by atoms with E-state index in [1.807, 2.05) is 37.6 Å². The van der Waals surface area contributed by atoms with Crippen LogP contribution in [0.15, 0.2) is 12.3 Å². The third-order valence-corrected chi connectivity index (χ3v) is 2.64. The first-order chi connectivity index (χ1) is 8.11. The highest BCUT2D eigenvalue weighted by Gasteiger charge is 2.12. The van der Waals surface area contributed by atoms with Gasteiger partial charge in [-0.15, -0.1) is 0 Å². The monoisotopic (exact) mass is 234 g/mol. The van der Waals surface area contributed by atoms with E-state index in [4.69, 9.17) is 10.5 Å². The average molecular weight is 234 g/mol. The summed E-state index contributed by atoms with van der Waals surface area (Å²) in [7, 11) is 0. The molecule has 0 aromatic carbocycles. The molecule has 5 nitrogen and oxygen atoms in total. The number of fused-ring (bicyclic) bond motifs is 1. The van der Waals surface area contributed by atoms with E-state index in [0.29, 0.717) is 19.1 Å². The summed E-state index contributed by atoms with van der Waals surface area (Å²) in [6, 6.07) is 1.99. The van der Waals surface area contributed by atoms with E-state index in [2.05, 4.69) is 9.97 Å². The van der Waals surface area contributed by atoms with Crippen LogP contribution in [0.2, 0.25) is 0 Å². The molecule has 0 aliphatic heterocycles. The van der Waals surface area contributed by atoms with Crippen LogP contribution in [0.5, 0.6) is 0 Å². The van der Waals surface area contributed by atoms with Gasteiger partial charge in [-0.1, -0.05) is 0 Å². The normalized spacial score (nSPS) is 13.1. The quantitative estimate of drug-likeness (QED) is 0.875. The molecule has 0 saturated carbocycles. The Balaban J connectivity index is 2.36. The number of aryl methyl sites for hydroxylation is 1. The van der Waals surface area contributed by atoms with Gasteiger partial charge in [-0.05, 0) is 32.4 Å². The Bertz CT molecular complexity index is 520. The van der Waals surface area contributed by atoms with Crippen molar-refractivity contribution in [2.45, 2.75) is 33.4 Å². The van der Waals surface area contributed by atoms with Crippen molar-refractivity contribution < 1.29 is 4.74 Å². The number of hydrogen-bond acceptors (Lipinski definition) is 4. The minimum Gasteiger partial charge on any atom is -0.377 e. The van der Waals surface area contributed by atoms with Crippen molar-refractivity contribution in [2.75, 3.05) is 12.3 Å². The van der Waals surface area contributed by atoms with Crippen LogP contribution < -0.4 is 5.73 Å². The SMILES string of the molecule is CCOC(C)Cn1c(N)nc2cc(C)cnc21. The highest BCUT2D eigenvalue weighted by atomic mass is 16.5. The van der Waals surface area contributed by atoms with E-state index >= 15 is 0 Å². The van der Waals surface area contributed by atoms with Gasteiger partial charge in [0.2, 0.25) is 5.95 Å². The maximum absolute atomic E-state index is 5.90. The fourth-order valence-corrected chi connectivity index (χ4v) is 1.90. The van der Waals surface area contributed by atoms with Crippen molar-refractivity contribution in [2.24, 2.45) is 0 Å². The molecule has 0 radical (unpaired) electrons. The molecule has 17 heavy (non-hydrogen) atoms. The molecule has 5 heteroatoms. The van der Waals surface area contributed by atoms with Gasteiger partial charge < -0.3 is 10.5 Å². The van der Waals surface area contributed by atoms with Crippen LogP contribution in [0.25, 0.3) is 11.2 Å². The standard InChI is InChI=1S/C12H18N4O/c1-4-17-9(3)7-16-11-10(15-12(16)13)5-8(2)6-14-11/h5-6,9H,4,7H2,1-3H3,(H2,13,15). The highest BCUT2D eigenvalue weighted by Crippen LogP contribution is 2.17. The van der Waals surface area contributed by atoms with Crippen molar-refractivity contribution in [3.8, 4) is 0 Å². The van der Waals surface area contributed by atoms with E-state index in [9.17, 15) is 0 Å². The summed E-state index contributed by atoms with van der Waals surface area (Å²) in [6.07, 6.45) is 1.92. The van der Waals surface area contributed by atoms with E-state index in [-0.39, 0.29) is 6.10 Å². The van der Waals surface area contributed by atoms with Crippen molar-refractivity contribution >= 4 is 17.1 Å².